The second-order valence-corrected chi connectivity index (χ2v) is 8.97. The number of hydrogen-bond donors (Lipinski definition) is 1. The number of nitrogens with zero attached hydrogens (tertiary/aromatic N) is 2. The standard InChI is InChI=1S/C26H23N3O3S/c1-32-19-11-9-17(10-12-19)15-20(26(31)29-13-5-6-14-29)23-27-24(30)21-16-22(33-25(21)28-23)18-7-3-2-4-8-18/h2-4,7-12,15-16H,5-6,13-14H2,1H3,(H,27,28,30). The van der Waals surface area contributed by atoms with Gasteiger partial charge in [-0.05, 0) is 48.2 Å². The number of fused-ring (bicyclic) bond motifs is 1. The second-order valence-electron chi connectivity index (χ2n) is 7.94. The molecule has 0 saturated carbocycles. The number of aromatic nitrogens is 2. The van der Waals surface area contributed by atoms with Crippen molar-refractivity contribution < 1.29 is 9.53 Å². The lowest BCUT2D eigenvalue weighted by molar-refractivity contribution is -0.123. The van der Waals surface area contributed by atoms with Crippen molar-refractivity contribution >= 4 is 39.1 Å². The summed E-state index contributed by atoms with van der Waals surface area (Å²) in [6, 6.07) is 19.2. The first kappa shape index (κ1) is 21.2. The fraction of sp³-hybridized carbons (Fsp3) is 0.192. The van der Waals surface area contributed by atoms with Gasteiger partial charge in [-0.2, -0.15) is 0 Å². The van der Waals surface area contributed by atoms with Crippen LogP contribution in [0.5, 0.6) is 5.75 Å². The number of likely N-dealkylation sites (tertiary alicyclic amines) is 1. The summed E-state index contributed by atoms with van der Waals surface area (Å²) in [6.45, 7) is 1.42. The van der Waals surface area contributed by atoms with E-state index in [-0.39, 0.29) is 11.5 Å². The van der Waals surface area contributed by atoms with E-state index in [2.05, 4.69) is 4.98 Å². The third kappa shape index (κ3) is 4.32. The van der Waals surface area contributed by atoms with Gasteiger partial charge in [0, 0.05) is 18.0 Å². The van der Waals surface area contributed by atoms with E-state index in [1.54, 1.807) is 13.2 Å². The highest BCUT2D eigenvalue weighted by Crippen LogP contribution is 2.31. The first-order valence-corrected chi connectivity index (χ1v) is 11.7. The van der Waals surface area contributed by atoms with Gasteiger partial charge in [0.2, 0.25) is 0 Å². The van der Waals surface area contributed by atoms with Crippen LogP contribution in [0, 0.1) is 0 Å². The van der Waals surface area contributed by atoms with E-state index in [0.29, 0.717) is 34.7 Å². The molecule has 5 rings (SSSR count). The maximum Gasteiger partial charge on any atom is 0.259 e. The highest BCUT2D eigenvalue weighted by atomic mass is 32.1. The van der Waals surface area contributed by atoms with Crippen molar-refractivity contribution in [2.75, 3.05) is 20.2 Å². The number of hydrogen-bond acceptors (Lipinski definition) is 5. The number of ether oxygens (including phenoxy) is 1. The molecule has 0 aliphatic carbocycles. The summed E-state index contributed by atoms with van der Waals surface area (Å²) < 4.78 is 5.24. The van der Waals surface area contributed by atoms with Crippen molar-refractivity contribution in [1.29, 1.82) is 0 Å². The van der Waals surface area contributed by atoms with E-state index in [1.807, 2.05) is 65.6 Å². The number of aromatic amines is 1. The predicted molar refractivity (Wildman–Crippen MR) is 132 cm³/mol. The normalized spacial score (nSPS) is 14.1. The molecule has 0 radical (unpaired) electrons. The molecule has 4 aromatic rings. The van der Waals surface area contributed by atoms with Crippen molar-refractivity contribution in [3.63, 3.8) is 0 Å². The molecule has 1 N–H and O–H groups in total. The minimum atomic E-state index is -0.247. The molecule has 0 spiro atoms. The van der Waals surface area contributed by atoms with Gasteiger partial charge in [-0.3, -0.25) is 9.59 Å². The zero-order chi connectivity index (χ0) is 22.8. The molecule has 7 heteroatoms. The Balaban J connectivity index is 1.61. The molecule has 3 heterocycles. The summed E-state index contributed by atoms with van der Waals surface area (Å²) in [5, 5.41) is 0.528. The second kappa shape index (κ2) is 9.03. The molecule has 1 fully saturated rings. The maximum absolute atomic E-state index is 13.4. The molecule has 0 bridgehead atoms. The van der Waals surface area contributed by atoms with E-state index in [4.69, 9.17) is 9.72 Å². The molecule has 166 valence electrons. The molecule has 0 atom stereocenters. The lowest BCUT2D eigenvalue weighted by Crippen LogP contribution is -2.29. The summed E-state index contributed by atoms with van der Waals surface area (Å²) in [6.07, 6.45) is 3.75. The third-order valence-electron chi connectivity index (χ3n) is 5.77. The smallest absolute Gasteiger partial charge is 0.259 e. The van der Waals surface area contributed by atoms with Gasteiger partial charge < -0.3 is 14.6 Å². The van der Waals surface area contributed by atoms with Crippen molar-refractivity contribution in [2.24, 2.45) is 0 Å². The minimum absolute atomic E-state index is 0.120. The summed E-state index contributed by atoms with van der Waals surface area (Å²) >= 11 is 1.45. The van der Waals surface area contributed by atoms with E-state index < -0.39 is 0 Å². The molecule has 1 aliphatic rings. The van der Waals surface area contributed by atoms with Crippen molar-refractivity contribution in [3.05, 3.63) is 82.4 Å². The first-order valence-electron chi connectivity index (χ1n) is 10.9. The Morgan fingerprint density at radius 3 is 2.52 bits per heavy atom. The monoisotopic (exact) mass is 457 g/mol. The first-order chi connectivity index (χ1) is 16.1. The van der Waals surface area contributed by atoms with E-state index in [1.165, 1.54) is 11.3 Å². The molecule has 1 aliphatic heterocycles. The Morgan fingerprint density at radius 1 is 1.09 bits per heavy atom. The Morgan fingerprint density at radius 2 is 1.82 bits per heavy atom. The molecule has 33 heavy (non-hydrogen) atoms. The van der Waals surface area contributed by atoms with Gasteiger partial charge in [0.1, 0.15) is 16.4 Å². The van der Waals surface area contributed by atoms with Crippen molar-refractivity contribution in [1.82, 2.24) is 14.9 Å². The van der Waals surface area contributed by atoms with E-state index in [9.17, 15) is 9.59 Å². The number of nitrogens with one attached hydrogen (secondary N) is 1. The van der Waals surface area contributed by atoms with Crippen LogP contribution in [0.3, 0.4) is 0 Å². The van der Waals surface area contributed by atoms with Gasteiger partial charge in [-0.1, -0.05) is 42.5 Å². The molecular weight excluding hydrogens is 434 g/mol. The van der Waals surface area contributed by atoms with Crippen LogP contribution in [0.1, 0.15) is 24.2 Å². The lowest BCUT2D eigenvalue weighted by atomic mass is 10.1. The third-order valence-corrected chi connectivity index (χ3v) is 6.84. The van der Waals surface area contributed by atoms with E-state index in [0.717, 1.165) is 34.6 Å². The summed E-state index contributed by atoms with van der Waals surface area (Å²) in [5.41, 5.74) is 2.00. The van der Waals surface area contributed by atoms with Crippen LogP contribution in [0.15, 0.2) is 65.5 Å². The Labute approximate surface area is 195 Å². The van der Waals surface area contributed by atoms with Gasteiger partial charge in [0.05, 0.1) is 18.1 Å². The van der Waals surface area contributed by atoms with Gasteiger partial charge in [0.25, 0.3) is 11.5 Å². The molecule has 1 amide bonds. The van der Waals surface area contributed by atoms with Crippen LogP contribution in [0.4, 0.5) is 0 Å². The largest absolute Gasteiger partial charge is 0.497 e. The number of H-pyrrole nitrogens is 1. The van der Waals surface area contributed by atoms with Gasteiger partial charge >= 0.3 is 0 Å². The van der Waals surface area contributed by atoms with Gasteiger partial charge in [0.15, 0.2) is 0 Å². The van der Waals surface area contributed by atoms with Crippen molar-refractivity contribution in [3.8, 4) is 16.2 Å². The van der Waals surface area contributed by atoms with Crippen LogP contribution >= 0.6 is 11.3 Å². The molecule has 1 saturated heterocycles. The number of carbonyl (C=O) groups excluding carboxylic acids is 1. The number of benzene rings is 2. The SMILES string of the molecule is COc1ccc(C=C(C(=O)N2CCCC2)c2nc3sc(-c4ccccc4)cc3c(=O)[nH]2)cc1. The minimum Gasteiger partial charge on any atom is -0.497 e. The maximum atomic E-state index is 13.4. The topological polar surface area (TPSA) is 75.3 Å². The number of carbonyl (C=O) groups is 1. The fourth-order valence-corrected chi connectivity index (χ4v) is 5.03. The summed E-state index contributed by atoms with van der Waals surface area (Å²) in [7, 11) is 1.61. The molecule has 0 unspecified atom stereocenters. The van der Waals surface area contributed by atoms with Gasteiger partial charge in [-0.15, -0.1) is 11.3 Å². The summed E-state index contributed by atoms with van der Waals surface area (Å²) in [4.78, 5) is 37.4. The number of amides is 1. The van der Waals surface area contributed by atoms with Gasteiger partial charge in [-0.25, -0.2) is 4.98 Å². The van der Waals surface area contributed by atoms with E-state index >= 15 is 0 Å². The Bertz CT molecular complexity index is 1380. The summed E-state index contributed by atoms with van der Waals surface area (Å²) in [5.74, 6) is 0.909. The highest BCUT2D eigenvalue weighted by molar-refractivity contribution is 7.21. The highest BCUT2D eigenvalue weighted by Gasteiger charge is 2.25. The van der Waals surface area contributed by atoms with Crippen LogP contribution in [0.2, 0.25) is 0 Å². The van der Waals surface area contributed by atoms with Crippen LogP contribution in [0.25, 0.3) is 32.3 Å². The Kier molecular flexibility index (Phi) is 5.79. The number of thiophene rings is 1. The van der Waals surface area contributed by atoms with Crippen LogP contribution < -0.4 is 10.3 Å². The quantitative estimate of drug-likeness (QED) is 0.436. The molecule has 6 nitrogen and oxygen atoms in total. The predicted octanol–water partition coefficient (Wildman–Crippen LogP) is 4.82. The molecule has 2 aromatic heterocycles. The molecular formula is C26H23N3O3S. The van der Waals surface area contributed by atoms with Crippen LogP contribution in [-0.2, 0) is 4.79 Å². The van der Waals surface area contributed by atoms with Crippen molar-refractivity contribution in [2.45, 2.75) is 12.8 Å². The average Bonchev–Trinajstić information content (AvgIpc) is 3.54. The number of rotatable bonds is 5. The Hall–Kier alpha value is -3.71. The fourth-order valence-electron chi connectivity index (χ4n) is 3.99. The zero-order valence-corrected chi connectivity index (χ0v) is 19.0. The average molecular weight is 458 g/mol. The number of methoxy groups -OCH3 is 1. The van der Waals surface area contributed by atoms with Crippen LogP contribution in [-0.4, -0.2) is 41.0 Å². The molecule has 2 aromatic carbocycles. The lowest BCUT2D eigenvalue weighted by Gasteiger charge is -2.17. The zero-order valence-electron chi connectivity index (χ0n) is 18.2.